The molecule has 2 aromatic rings. The number of hydrogen-bond donors (Lipinski definition) is 2. The zero-order chi connectivity index (χ0) is 17.7. The summed E-state index contributed by atoms with van der Waals surface area (Å²) in [5.41, 5.74) is 1.21. The van der Waals surface area contributed by atoms with Gasteiger partial charge in [0.15, 0.2) is 0 Å². The number of carbonyl (C=O) groups is 2. The lowest BCUT2D eigenvalue weighted by Gasteiger charge is -2.13. The summed E-state index contributed by atoms with van der Waals surface area (Å²) >= 11 is 13.4. The van der Waals surface area contributed by atoms with Gasteiger partial charge in [-0.25, -0.2) is 0 Å². The van der Waals surface area contributed by atoms with Gasteiger partial charge in [-0.15, -0.1) is 11.8 Å². The average molecular weight is 383 g/mol. The third kappa shape index (κ3) is 5.44. The predicted molar refractivity (Wildman–Crippen MR) is 101 cm³/mol. The van der Waals surface area contributed by atoms with Crippen LogP contribution in [0, 0.1) is 0 Å². The smallest absolute Gasteiger partial charge is 0.237 e. The Morgan fingerprint density at radius 2 is 1.71 bits per heavy atom. The number of carbonyl (C=O) groups excluding carboxylic acids is 2. The Morgan fingerprint density at radius 3 is 2.33 bits per heavy atom. The van der Waals surface area contributed by atoms with Crippen molar-refractivity contribution in [2.75, 3.05) is 10.6 Å². The van der Waals surface area contributed by atoms with Gasteiger partial charge in [0.1, 0.15) is 0 Å². The minimum absolute atomic E-state index is 0.124. The molecule has 0 aliphatic rings. The van der Waals surface area contributed by atoms with E-state index in [1.807, 2.05) is 12.1 Å². The van der Waals surface area contributed by atoms with Crippen LogP contribution in [0.5, 0.6) is 0 Å². The van der Waals surface area contributed by atoms with E-state index in [4.69, 9.17) is 23.2 Å². The molecule has 0 bridgehead atoms. The van der Waals surface area contributed by atoms with Gasteiger partial charge < -0.3 is 10.6 Å². The van der Waals surface area contributed by atoms with Crippen LogP contribution in [0.1, 0.15) is 13.8 Å². The van der Waals surface area contributed by atoms with Crippen molar-refractivity contribution in [1.82, 2.24) is 0 Å². The second-order valence-electron chi connectivity index (χ2n) is 5.08. The van der Waals surface area contributed by atoms with Crippen LogP contribution < -0.4 is 10.6 Å². The standard InChI is InChI=1S/C17H16Cl2N2O2S/c1-10(17(23)21-16-9-12(18)3-8-15(16)19)24-14-6-4-13(5-7-14)20-11(2)22/h3-10H,1-2H3,(H,20,22)(H,21,23). The first-order valence-electron chi connectivity index (χ1n) is 7.15. The Labute approximate surface area is 154 Å². The van der Waals surface area contributed by atoms with Crippen molar-refractivity contribution >= 4 is 58.2 Å². The van der Waals surface area contributed by atoms with Crippen molar-refractivity contribution in [1.29, 1.82) is 0 Å². The van der Waals surface area contributed by atoms with Gasteiger partial charge in [-0.1, -0.05) is 23.2 Å². The molecular formula is C17H16Cl2N2O2S. The van der Waals surface area contributed by atoms with Gasteiger partial charge >= 0.3 is 0 Å². The van der Waals surface area contributed by atoms with Crippen LogP contribution in [-0.4, -0.2) is 17.1 Å². The van der Waals surface area contributed by atoms with Gasteiger partial charge in [0, 0.05) is 22.5 Å². The topological polar surface area (TPSA) is 58.2 Å². The highest BCUT2D eigenvalue weighted by molar-refractivity contribution is 8.00. The van der Waals surface area contributed by atoms with Crippen LogP contribution in [0.25, 0.3) is 0 Å². The zero-order valence-corrected chi connectivity index (χ0v) is 15.4. The third-order valence-electron chi connectivity index (χ3n) is 3.04. The molecule has 7 heteroatoms. The highest BCUT2D eigenvalue weighted by atomic mass is 35.5. The third-order valence-corrected chi connectivity index (χ3v) is 4.72. The van der Waals surface area contributed by atoms with E-state index in [1.54, 1.807) is 37.3 Å². The van der Waals surface area contributed by atoms with Crippen LogP contribution in [0.2, 0.25) is 10.0 Å². The summed E-state index contributed by atoms with van der Waals surface area (Å²) in [5, 5.41) is 6.08. The average Bonchev–Trinajstić information content (AvgIpc) is 2.52. The molecule has 126 valence electrons. The number of hydrogen-bond acceptors (Lipinski definition) is 3. The van der Waals surface area contributed by atoms with Crippen LogP contribution in [-0.2, 0) is 9.59 Å². The normalized spacial score (nSPS) is 11.7. The van der Waals surface area contributed by atoms with E-state index in [0.29, 0.717) is 15.7 Å². The fourth-order valence-corrected chi connectivity index (χ4v) is 3.11. The number of amides is 2. The predicted octanol–water partition coefficient (Wildman–Crippen LogP) is 5.07. The first kappa shape index (κ1) is 18.6. The fourth-order valence-electron chi connectivity index (χ4n) is 1.91. The van der Waals surface area contributed by atoms with E-state index in [-0.39, 0.29) is 17.1 Å². The molecule has 24 heavy (non-hydrogen) atoms. The van der Waals surface area contributed by atoms with Gasteiger partial charge in [0.25, 0.3) is 0 Å². The largest absolute Gasteiger partial charge is 0.326 e. The second-order valence-corrected chi connectivity index (χ2v) is 7.34. The number of benzene rings is 2. The van der Waals surface area contributed by atoms with E-state index >= 15 is 0 Å². The van der Waals surface area contributed by atoms with Gasteiger partial charge in [-0.05, 0) is 49.4 Å². The van der Waals surface area contributed by atoms with Crippen molar-refractivity contribution in [3.63, 3.8) is 0 Å². The first-order valence-corrected chi connectivity index (χ1v) is 8.79. The summed E-state index contributed by atoms with van der Waals surface area (Å²) in [6, 6.07) is 12.2. The van der Waals surface area contributed by atoms with E-state index in [9.17, 15) is 9.59 Å². The van der Waals surface area contributed by atoms with Gasteiger partial charge in [0.05, 0.1) is 16.0 Å². The monoisotopic (exact) mass is 382 g/mol. The summed E-state index contributed by atoms with van der Waals surface area (Å²) < 4.78 is 0. The second kappa shape index (κ2) is 8.42. The molecule has 2 amide bonds. The lowest BCUT2D eigenvalue weighted by Crippen LogP contribution is -2.22. The van der Waals surface area contributed by atoms with E-state index in [0.717, 1.165) is 10.6 Å². The Hall–Kier alpha value is -1.69. The van der Waals surface area contributed by atoms with E-state index in [2.05, 4.69) is 10.6 Å². The van der Waals surface area contributed by atoms with Crippen LogP contribution in [0.3, 0.4) is 0 Å². The number of rotatable bonds is 5. The maximum Gasteiger partial charge on any atom is 0.237 e. The van der Waals surface area contributed by atoms with Crippen molar-refractivity contribution in [2.45, 2.75) is 24.0 Å². The summed E-state index contributed by atoms with van der Waals surface area (Å²) in [6.07, 6.45) is 0. The van der Waals surface area contributed by atoms with Crippen LogP contribution in [0.15, 0.2) is 47.4 Å². The molecule has 0 radical (unpaired) electrons. The highest BCUT2D eigenvalue weighted by Crippen LogP contribution is 2.28. The van der Waals surface area contributed by atoms with Crippen molar-refractivity contribution in [2.24, 2.45) is 0 Å². The minimum Gasteiger partial charge on any atom is -0.326 e. The van der Waals surface area contributed by atoms with Crippen molar-refractivity contribution in [3.05, 3.63) is 52.5 Å². The number of anilines is 2. The molecule has 0 aliphatic carbocycles. The Bertz CT molecular complexity index is 751. The van der Waals surface area contributed by atoms with Gasteiger partial charge in [-0.3, -0.25) is 9.59 Å². The lowest BCUT2D eigenvalue weighted by atomic mass is 10.3. The SMILES string of the molecule is CC(=O)Nc1ccc(SC(C)C(=O)Nc2cc(Cl)ccc2Cl)cc1. The maximum absolute atomic E-state index is 12.3. The molecule has 4 nitrogen and oxygen atoms in total. The summed E-state index contributed by atoms with van der Waals surface area (Å²) in [7, 11) is 0. The molecule has 0 saturated carbocycles. The molecule has 0 aromatic heterocycles. The minimum atomic E-state index is -0.327. The Kier molecular flexibility index (Phi) is 6.54. The van der Waals surface area contributed by atoms with Gasteiger partial charge in [-0.2, -0.15) is 0 Å². The fraction of sp³-hybridized carbons (Fsp3) is 0.176. The lowest BCUT2D eigenvalue weighted by molar-refractivity contribution is -0.115. The molecule has 2 rings (SSSR count). The molecule has 2 aromatic carbocycles. The highest BCUT2D eigenvalue weighted by Gasteiger charge is 2.16. The number of nitrogens with one attached hydrogen (secondary N) is 2. The quantitative estimate of drug-likeness (QED) is 0.709. The number of thioether (sulfide) groups is 1. The van der Waals surface area contributed by atoms with Crippen molar-refractivity contribution in [3.8, 4) is 0 Å². The first-order chi connectivity index (χ1) is 11.3. The van der Waals surface area contributed by atoms with E-state index < -0.39 is 0 Å². The molecule has 0 aliphatic heterocycles. The maximum atomic E-state index is 12.3. The number of halogens is 2. The molecule has 0 saturated heterocycles. The summed E-state index contributed by atoms with van der Waals surface area (Å²) in [5.74, 6) is -0.295. The molecule has 2 N–H and O–H groups in total. The van der Waals surface area contributed by atoms with Crippen LogP contribution in [0.4, 0.5) is 11.4 Å². The molecule has 0 spiro atoms. The molecule has 1 atom stereocenters. The Morgan fingerprint density at radius 1 is 1.04 bits per heavy atom. The Balaban J connectivity index is 1.98. The zero-order valence-electron chi connectivity index (χ0n) is 13.1. The van der Waals surface area contributed by atoms with E-state index in [1.165, 1.54) is 18.7 Å². The molecule has 1 unspecified atom stereocenters. The summed E-state index contributed by atoms with van der Waals surface area (Å²) in [4.78, 5) is 24.2. The van der Waals surface area contributed by atoms with Crippen LogP contribution >= 0.6 is 35.0 Å². The molecule has 0 fully saturated rings. The molecular weight excluding hydrogens is 367 g/mol. The summed E-state index contributed by atoms with van der Waals surface area (Å²) in [6.45, 7) is 3.26. The van der Waals surface area contributed by atoms with Crippen molar-refractivity contribution < 1.29 is 9.59 Å². The molecule has 0 heterocycles. The van der Waals surface area contributed by atoms with Gasteiger partial charge in [0.2, 0.25) is 11.8 Å².